The summed E-state index contributed by atoms with van der Waals surface area (Å²) in [4.78, 5) is 13.6. The van der Waals surface area contributed by atoms with E-state index in [9.17, 15) is 4.79 Å². The highest BCUT2D eigenvalue weighted by Crippen LogP contribution is 2.19. The molecule has 4 nitrogen and oxygen atoms in total. The van der Waals surface area contributed by atoms with Gasteiger partial charge in [-0.25, -0.2) is 0 Å². The number of nitrogens with one attached hydrogen (secondary N) is 2. The van der Waals surface area contributed by atoms with Crippen molar-refractivity contribution in [1.29, 1.82) is 0 Å². The lowest BCUT2D eigenvalue weighted by Crippen LogP contribution is -2.46. The number of carbonyl (C=O) groups excluding carboxylic acids is 1. The lowest BCUT2D eigenvalue weighted by atomic mass is 10.2. The summed E-state index contributed by atoms with van der Waals surface area (Å²) in [5.41, 5.74) is 0. The van der Waals surface area contributed by atoms with E-state index < -0.39 is 0 Å². The van der Waals surface area contributed by atoms with E-state index in [1.54, 1.807) is 7.05 Å². The molecule has 1 aliphatic heterocycles. The Labute approximate surface area is 96.2 Å². The van der Waals surface area contributed by atoms with Crippen LogP contribution in [0.2, 0.25) is 0 Å². The van der Waals surface area contributed by atoms with Gasteiger partial charge >= 0.3 is 0 Å². The van der Waals surface area contributed by atoms with E-state index in [1.165, 1.54) is 0 Å². The maximum Gasteiger partial charge on any atom is 0.233 e. The molecule has 15 heavy (non-hydrogen) atoms. The number of hydrogen-bond donors (Lipinski definition) is 2. The minimum atomic E-state index is 0.101. The van der Waals surface area contributed by atoms with E-state index in [1.807, 2.05) is 11.8 Å². The molecule has 2 N–H and O–H groups in total. The van der Waals surface area contributed by atoms with Crippen LogP contribution in [0.5, 0.6) is 0 Å². The summed E-state index contributed by atoms with van der Waals surface area (Å²) in [6, 6.07) is 0.488. The monoisotopic (exact) mass is 231 g/mol. The second-order valence-corrected chi connectivity index (χ2v) is 4.81. The minimum Gasteiger partial charge on any atom is -0.358 e. The van der Waals surface area contributed by atoms with Gasteiger partial charge in [0.2, 0.25) is 5.91 Å². The molecule has 1 aliphatic rings. The number of rotatable bonds is 5. The first-order valence-corrected chi connectivity index (χ1v) is 6.69. The number of thioether (sulfide) groups is 1. The van der Waals surface area contributed by atoms with Crippen molar-refractivity contribution in [2.75, 3.05) is 39.5 Å². The van der Waals surface area contributed by atoms with E-state index >= 15 is 0 Å². The van der Waals surface area contributed by atoms with E-state index in [0.29, 0.717) is 17.8 Å². The standard InChI is InChI=1S/C10H21N3OS/c1-4-13(7-10(14)11-2)8-5-12-6-9(8)15-3/h8-9,12H,4-7H2,1-3H3,(H,11,14). The van der Waals surface area contributed by atoms with Gasteiger partial charge < -0.3 is 10.6 Å². The molecule has 0 spiro atoms. The summed E-state index contributed by atoms with van der Waals surface area (Å²) < 4.78 is 0. The van der Waals surface area contributed by atoms with E-state index in [-0.39, 0.29) is 5.91 Å². The highest BCUT2D eigenvalue weighted by atomic mass is 32.2. The molecule has 0 bridgehead atoms. The molecule has 1 amide bonds. The van der Waals surface area contributed by atoms with Gasteiger partial charge in [0.1, 0.15) is 0 Å². The van der Waals surface area contributed by atoms with E-state index in [0.717, 1.165) is 19.6 Å². The largest absolute Gasteiger partial charge is 0.358 e. The van der Waals surface area contributed by atoms with Gasteiger partial charge in [0.15, 0.2) is 0 Å². The molecule has 0 aromatic heterocycles. The van der Waals surface area contributed by atoms with Crippen molar-refractivity contribution in [3.63, 3.8) is 0 Å². The first-order valence-electron chi connectivity index (χ1n) is 5.41. The van der Waals surface area contributed by atoms with Crippen molar-refractivity contribution in [3.05, 3.63) is 0 Å². The lowest BCUT2D eigenvalue weighted by Gasteiger charge is -2.29. The molecule has 1 heterocycles. The maximum absolute atomic E-state index is 11.4. The van der Waals surface area contributed by atoms with Crippen LogP contribution in [0.3, 0.4) is 0 Å². The Balaban J connectivity index is 2.53. The summed E-state index contributed by atoms with van der Waals surface area (Å²) in [6.45, 7) is 5.60. The van der Waals surface area contributed by atoms with E-state index in [2.05, 4.69) is 28.7 Å². The van der Waals surface area contributed by atoms with Crippen molar-refractivity contribution in [2.45, 2.75) is 18.2 Å². The van der Waals surface area contributed by atoms with Gasteiger partial charge in [-0.1, -0.05) is 6.92 Å². The predicted molar refractivity (Wildman–Crippen MR) is 65.3 cm³/mol. The third-order valence-electron chi connectivity index (χ3n) is 2.93. The molecule has 1 saturated heterocycles. The zero-order chi connectivity index (χ0) is 11.3. The van der Waals surface area contributed by atoms with Crippen LogP contribution < -0.4 is 10.6 Å². The van der Waals surface area contributed by atoms with Crippen molar-refractivity contribution >= 4 is 17.7 Å². The van der Waals surface area contributed by atoms with Crippen LogP contribution >= 0.6 is 11.8 Å². The van der Waals surface area contributed by atoms with Crippen molar-refractivity contribution in [3.8, 4) is 0 Å². The van der Waals surface area contributed by atoms with Gasteiger partial charge in [0.05, 0.1) is 6.54 Å². The fraction of sp³-hybridized carbons (Fsp3) is 0.900. The molecule has 1 rings (SSSR count). The fourth-order valence-corrected chi connectivity index (χ4v) is 2.84. The Bertz CT molecular complexity index is 213. The van der Waals surface area contributed by atoms with E-state index in [4.69, 9.17) is 0 Å². The zero-order valence-corrected chi connectivity index (χ0v) is 10.6. The third kappa shape index (κ3) is 3.36. The Hall–Kier alpha value is -0.260. The lowest BCUT2D eigenvalue weighted by molar-refractivity contribution is -0.122. The van der Waals surface area contributed by atoms with Crippen molar-refractivity contribution in [1.82, 2.24) is 15.5 Å². The molecule has 0 aromatic rings. The van der Waals surface area contributed by atoms with Gasteiger partial charge in [0.25, 0.3) is 0 Å². The molecule has 0 radical (unpaired) electrons. The first kappa shape index (κ1) is 12.8. The van der Waals surface area contributed by atoms with Crippen LogP contribution in [-0.2, 0) is 4.79 Å². The summed E-state index contributed by atoms with van der Waals surface area (Å²) in [6.07, 6.45) is 2.14. The highest BCUT2D eigenvalue weighted by Gasteiger charge is 2.31. The molecule has 0 saturated carbocycles. The quantitative estimate of drug-likeness (QED) is 0.685. The Morgan fingerprint density at radius 1 is 1.60 bits per heavy atom. The first-order chi connectivity index (χ1) is 7.22. The Morgan fingerprint density at radius 2 is 2.33 bits per heavy atom. The summed E-state index contributed by atoms with van der Waals surface area (Å²) in [7, 11) is 1.69. The predicted octanol–water partition coefficient (Wildman–Crippen LogP) is -0.242. The van der Waals surface area contributed by atoms with Gasteiger partial charge in [-0.05, 0) is 12.8 Å². The van der Waals surface area contributed by atoms with Crippen LogP contribution in [0.1, 0.15) is 6.92 Å². The maximum atomic E-state index is 11.4. The van der Waals surface area contributed by atoms with Crippen molar-refractivity contribution < 1.29 is 4.79 Å². The molecule has 0 aromatic carbocycles. The second kappa shape index (κ2) is 6.35. The third-order valence-corrected chi connectivity index (χ3v) is 4.02. The second-order valence-electron chi connectivity index (χ2n) is 3.74. The van der Waals surface area contributed by atoms with Crippen LogP contribution in [0, 0.1) is 0 Å². The van der Waals surface area contributed by atoms with Crippen molar-refractivity contribution in [2.24, 2.45) is 0 Å². The molecular formula is C10H21N3OS. The normalized spacial score (nSPS) is 25.9. The van der Waals surface area contributed by atoms with Gasteiger partial charge in [-0.2, -0.15) is 11.8 Å². The zero-order valence-electron chi connectivity index (χ0n) is 9.75. The minimum absolute atomic E-state index is 0.101. The average Bonchev–Trinajstić information content (AvgIpc) is 2.73. The SMILES string of the molecule is CCN(CC(=O)NC)C1CNCC1SC. The summed E-state index contributed by atoms with van der Waals surface area (Å²) in [5.74, 6) is 0.101. The highest BCUT2D eigenvalue weighted by molar-refractivity contribution is 7.99. The molecule has 88 valence electrons. The molecule has 2 atom stereocenters. The number of amides is 1. The fourth-order valence-electron chi connectivity index (χ4n) is 1.97. The number of carbonyl (C=O) groups is 1. The van der Waals surface area contributed by atoms with Crippen LogP contribution in [0.4, 0.5) is 0 Å². The Morgan fingerprint density at radius 3 is 2.87 bits per heavy atom. The van der Waals surface area contributed by atoms with Crippen LogP contribution in [0.25, 0.3) is 0 Å². The van der Waals surface area contributed by atoms with Gasteiger partial charge in [-0.15, -0.1) is 0 Å². The van der Waals surface area contributed by atoms with Crippen LogP contribution in [0.15, 0.2) is 0 Å². The molecule has 0 aliphatic carbocycles. The number of nitrogens with zero attached hydrogens (tertiary/aromatic N) is 1. The summed E-state index contributed by atoms with van der Waals surface area (Å²) in [5, 5.41) is 6.67. The van der Waals surface area contributed by atoms with Gasteiger partial charge in [-0.3, -0.25) is 9.69 Å². The molecule has 5 heteroatoms. The summed E-state index contributed by atoms with van der Waals surface area (Å²) >= 11 is 1.88. The number of hydrogen-bond acceptors (Lipinski definition) is 4. The number of likely N-dealkylation sites (N-methyl/N-ethyl adjacent to an activating group) is 2. The smallest absolute Gasteiger partial charge is 0.233 e. The molecule has 2 unspecified atom stereocenters. The van der Waals surface area contributed by atoms with Gasteiger partial charge in [0, 0.05) is 31.4 Å². The van der Waals surface area contributed by atoms with Crippen LogP contribution in [-0.4, -0.2) is 61.6 Å². The average molecular weight is 231 g/mol. The Kier molecular flexibility index (Phi) is 5.42. The molecular weight excluding hydrogens is 210 g/mol. The topological polar surface area (TPSA) is 44.4 Å². The molecule has 1 fully saturated rings.